The first-order valence-electron chi connectivity index (χ1n) is 7.31. The summed E-state index contributed by atoms with van der Waals surface area (Å²) in [6, 6.07) is 0.326. The van der Waals surface area contributed by atoms with Crippen molar-refractivity contribution in [3.63, 3.8) is 0 Å². The number of nitrogens with one attached hydrogen (secondary N) is 1. The molecule has 0 fully saturated rings. The standard InChI is InChI=1S/C13H27N7/c1-6-9-20(10(4)5)13-16-11(18-14)15-12(17-13)19(7-2)8-3/h10H,6-9,14H2,1-5H3,(H,15,16,17,18). The largest absolute Gasteiger partial charge is 0.341 e. The van der Waals surface area contributed by atoms with E-state index in [1.807, 2.05) is 0 Å². The molecular weight excluding hydrogens is 254 g/mol. The van der Waals surface area contributed by atoms with Crippen molar-refractivity contribution >= 4 is 17.8 Å². The van der Waals surface area contributed by atoms with Gasteiger partial charge in [-0.25, -0.2) is 5.84 Å². The molecule has 0 radical (unpaired) electrons. The van der Waals surface area contributed by atoms with E-state index in [4.69, 9.17) is 5.84 Å². The number of hydrazine groups is 1. The fourth-order valence-electron chi connectivity index (χ4n) is 2.02. The topological polar surface area (TPSA) is 83.2 Å². The molecule has 1 heterocycles. The Labute approximate surface area is 121 Å². The fraction of sp³-hybridized carbons (Fsp3) is 0.769. The van der Waals surface area contributed by atoms with E-state index in [2.05, 4.69) is 64.8 Å². The van der Waals surface area contributed by atoms with Crippen molar-refractivity contribution in [1.82, 2.24) is 15.0 Å². The van der Waals surface area contributed by atoms with Crippen LogP contribution in [0.2, 0.25) is 0 Å². The highest BCUT2D eigenvalue weighted by molar-refractivity contribution is 5.45. The molecule has 20 heavy (non-hydrogen) atoms. The lowest BCUT2D eigenvalue weighted by molar-refractivity contribution is 0.647. The molecule has 3 N–H and O–H groups in total. The first-order chi connectivity index (χ1) is 9.57. The molecule has 1 aromatic heterocycles. The maximum Gasteiger partial charge on any atom is 0.243 e. The van der Waals surface area contributed by atoms with E-state index >= 15 is 0 Å². The van der Waals surface area contributed by atoms with Crippen LogP contribution in [0.4, 0.5) is 17.8 Å². The van der Waals surface area contributed by atoms with Gasteiger partial charge in [0.25, 0.3) is 0 Å². The highest BCUT2D eigenvalue weighted by Gasteiger charge is 2.17. The van der Waals surface area contributed by atoms with Crippen LogP contribution in [0.1, 0.15) is 41.0 Å². The smallest absolute Gasteiger partial charge is 0.243 e. The Morgan fingerprint density at radius 3 is 2.10 bits per heavy atom. The van der Waals surface area contributed by atoms with Crippen molar-refractivity contribution in [2.75, 3.05) is 34.9 Å². The molecular formula is C13H27N7. The molecule has 1 rings (SSSR count). The van der Waals surface area contributed by atoms with E-state index in [1.54, 1.807) is 0 Å². The summed E-state index contributed by atoms with van der Waals surface area (Å²) in [4.78, 5) is 17.6. The van der Waals surface area contributed by atoms with Gasteiger partial charge < -0.3 is 9.80 Å². The molecule has 0 amide bonds. The van der Waals surface area contributed by atoms with Gasteiger partial charge in [0.1, 0.15) is 0 Å². The van der Waals surface area contributed by atoms with Crippen molar-refractivity contribution in [1.29, 1.82) is 0 Å². The zero-order valence-corrected chi connectivity index (χ0v) is 13.2. The summed E-state index contributed by atoms with van der Waals surface area (Å²) in [5, 5.41) is 0. The zero-order chi connectivity index (χ0) is 15.1. The van der Waals surface area contributed by atoms with E-state index in [1.165, 1.54) is 0 Å². The monoisotopic (exact) mass is 281 g/mol. The first kappa shape index (κ1) is 16.4. The molecule has 0 aliphatic rings. The van der Waals surface area contributed by atoms with Crippen LogP contribution in [0.5, 0.6) is 0 Å². The summed E-state index contributed by atoms with van der Waals surface area (Å²) < 4.78 is 0. The van der Waals surface area contributed by atoms with Crippen LogP contribution in [-0.2, 0) is 0 Å². The number of anilines is 3. The van der Waals surface area contributed by atoms with Crippen molar-refractivity contribution in [2.45, 2.75) is 47.1 Å². The minimum atomic E-state index is 0.326. The van der Waals surface area contributed by atoms with Crippen molar-refractivity contribution in [3.8, 4) is 0 Å². The Morgan fingerprint density at radius 1 is 1.05 bits per heavy atom. The Bertz CT molecular complexity index is 404. The summed E-state index contributed by atoms with van der Waals surface area (Å²) in [6.45, 7) is 13.2. The maximum absolute atomic E-state index is 5.48. The average molecular weight is 281 g/mol. The van der Waals surface area contributed by atoms with Gasteiger partial charge in [0.2, 0.25) is 17.8 Å². The third-order valence-corrected chi connectivity index (χ3v) is 3.13. The third kappa shape index (κ3) is 3.93. The SMILES string of the molecule is CCCN(c1nc(NN)nc(N(CC)CC)n1)C(C)C. The van der Waals surface area contributed by atoms with E-state index in [-0.39, 0.29) is 0 Å². The number of nitrogen functional groups attached to an aromatic ring is 1. The molecule has 114 valence electrons. The number of nitrogens with two attached hydrogens (primary N) is 1. The van der Waals surface area contributed by atoms with Crippen molar-refractivity contribution < 1.29 is 0 Å². The molecule has 0 aliphatic carbocycles. The second-order valence-corrected chi connectivity index (χ2v) is 4.86. The molecule has 7 heteroatoms. The lowest BCUT2D eigenvalue weighted by Crippen LogP contribution is -2.34. The Hall–Kier alpha value is -1.63. The third-order valence-electron chi connectivity index (χ3n) is 3.13. The predicted octanol–water partition coefficient (Wildman–Crippen LogP) is 1.63. The average Bonchev–Trinajstić information content (AvgIpc) is 2.45. The molecule has 7 nitrogen and oxygen atoms in total. The van der Waals surface area contributed by atoms with Crippen LogP contribution in [0.15, 0.2) is 0 Å². The van der Waals surface area contributed by atoms with E-state index in [9.17, 15) is 0 Å². The van der Waals surface area contributed by atoms with Crippen LogP contribution >= 0.6 is 0 Å². The van der Waals surface area contributed by atoms with Gasteiger partial charge in [0, 0.05) is 25.7 Å². The second kappa shape index (κ2) is 7.84. The van der Waals surface area contributed by atoms with Crippen LogP contribution in [0.3, 0.4) is 0 Å². The number of aromatic nitrogens is 3. The van der Waals surface area contributed by atoms with Crippen molar-refractivity contribution in [2.24, 2.45) is 5.84 Å². The summed E-state index contributed by atoms with van der Waals surface area (Å²) in [5.41, 5.74) is 2.53. The summed E-state index contributed by atoms with van der Waals surface area (Å²) in [5.74, 6) is 7.22. The highest BCUT2D eigenvalue weighted by atomic mass is 15.4. The molecule has 0 unspecified atom stereocenters. The van der Waals surface area contributed by atoms with Gasteiger partial charge in [-0.05, 0) is 34.1 Å². The van der Waals surface area contributed by atoms with Crippen molar-refractivity contribution in [3.05, 3.63) is 0 Å². The minimum Gasteiger partial charge on any atom is -0.341 e. The normalized spacial score (nSPS) is 10.8. The number of rotatable bonds is 8. The summed E-state index contributed by atoms with van der Waals surface area (Å²) in [7, 11) is 0. The molecule has 0 aliphatic heterocycles. The van der Waals surface area contributed by atoms with E-state index in [0.29, 0.717) is 23.9 Å². The lowest BCUT2D eigenvalue weighted by atomic mass is 10.3. The Kier molecular flexibility index (Phi) is 6.44. The highest BCUT2D eigenvalue weighted by Crippen LogP contribution is 2.18. The number of hydrogen-bond donors (Lipinski definition) is 2. The summed E-state index contributed by atoms with van der Waals surface area (Å²) in [6.07, 6.45) is 1.04. The van der Waals surface area contributed by atoms with Crippen LogP contribution in [-0.4, -0.2) is 40.6 Å². The van der Waals surface area contributed by atoms with Gasteiger partial charge in [-0.3, -0.25) is 5.43 Å². The Morgan fingerprint density at radius 2 is 1.65 bits per heavy atom. The first-order valence-corrected chi connectivity index (χ1v) is 7.31. The van der Waals surface area contributed by atoms with Crippen LogP contribution in [0, 0.1) is 0 Å². The number of nitrogens with zero attached hydrogens (tertiary/aromatic N) is 5. The van der Waals surface area contributed by atoms with Gasteiger partial charge in [0.15, 0.2) is 0 Å². The number of hydrogen-bond acceptors (Lipinski definition) is 7. The lowest BCUT2D eigenvalue weighted by Gasteiger charge is -2.28. The Balaban J connectivity index is 3.20. The summed E-state index contributed by atoms with van der Waals surface area (Å²) >= 11 is 0. The van der Waals surface area contributed by atoms with Gasteiger partial charge in [0.05, 0.1) is 0 Å². The van der Waals surface area contributed by atoms with E-state index in [0.717, 1.165) is 26.1 Å². The van der Waals surface area contributed by atoms with E-state index < -0.39 is 0 Å². The molecule has 0 saturated carbocycles. The van der Waals surface area contributed by atoms with Crippen LogP contribution < -0.4 is 21.1 Å². The van der Waals surface area contributed by atoms with Gasteiger partial charge in [-0.1, -0.05) is 6.92 Å². The zero-order valence-electron chi connectivity index (χ0n) is 13.2. The maximum atomic E-state index is 5.48. The second-order valence-electron chi connectivity index (χ2n) is 4.86. The molecule has 0 atom stereocenters. The molecule has 0 bridgehead atoms. The predicted molar refractivity (Wildman–Crippen MR) is 84.0 cm³/mol. The molecule has 0 spiro atoms. The van der Waals surface area contributed by atoms with Crippen LogP contribution in [0.25, 0.3) is 0 Å². The van der Waals surface area contributed by atoms with Gasteiger partial charge in [-0.2, -0.15) is 15.0 Å². The molecule has 1 aromatic rings. The van der Waals surface area contributed by atoms with Gasteiger partial charge in [-0.15, -0.1) is 0 Å². The van der Waals surface area contributed by atoms with Gasteiger partial charge >= 0.3 is 0 Å². The molecule has 0 saturated heterocycles. The minimum absolute atomic E-state index is 0.326. The quantitative estimate of drug-likeness (QED) is 0.553. The molecule has 0 aromatic carbocycles. The fourth-order valence-corrected chi connectivity index (χ4v) is 2.02.